The van der Waals surface area contributed by atoms with Gasteiger partial charge in [-0.15, -0.1) is 0 Å². The van der Waals surface area contributed by atoms with E-state index in [0.29, 0.717) is 24.3 Å². The molecule has 148 valence electrons. The Bertz CT molecular complexity index is 1000. The third kappa shape index (κ3) is 5.59. The maximum Gasteiger partial charge on any atom is 0.319 e. The molecule has 0 unspecified atom stereocenters. The maximum absolute atomic E-state index is 12.7. The molecule has 6 nitrogen and oxygen atoms in total. The van der Waals surface area contributed by atoms with Gasteiger partial charge in [0.1, 0.15) is 5.75 Å². The Hall–Kier alpha value is -3.80. The smallest absolute Gasteiger partial charge is 0.319 e. The van der Waals surface area contributed by atoms with Crippen LogP contribution in [0.4, 0.5) is 16.2 Å². The Morgan fingerprint density at radius 2 is 1.55 bits per heavy atom. The van der Waals surface area contributed by atoms with E-state index in [0.717, 1.165) is 11.1 Å². The van der Waals surface area contributed by atoms with Crippen molar-refractivity contribution in [2.45, 2.75) is 13.3 Å². The van der Waals surface area contributed by atoms with E-state index in [9.17, 15) is 14.7 Å². The zero-order valence-electron chi connectivity index (χ0n) is 16.1. The number of nitrogens with one attached hydrogen (secondary N) is 3. The van der Waals surface area contributed by atoms with Crippen LogP contribution in [0.3, 0.4) is 0 Å². The number of phenols is 1. The van der Waals surface area contributed by atoms with Crippen LogP contribution in [0.25, 0.3) is 0 Å². The number of amides is 3. The highest BCUT2D eigenvalue weighted by atomic mass is 16.3. The van der Waals surface area contributed by atoms with E-state index < -0.39 is 5.91 Å². The van der Waals surface area contributed by atoms with E-state index in [4.69, 9.17) is 0 Å². The first-order valence-corrected chi connectivity index (χ1v) is 9.37. The summed E-state index contributed by atoms with van der Waals surface area (Å²) in [6.07, 6.45) is 0.660. The van der Waals surface area contributed by atoms with E-state index in [1.807, 2.05) is 37.3 Å². The predicted octanol–water partition coefficient (Wildman–Crippen LogP) is 4.38. The number of aromatic hydroxyl groups is 1. The van der Waals surface area contributed by atoms with Crippen LogP contribution < -0.4 is 16.0 Å². The van der Waals surface area contributed by atoms with Crippen molar-refractivity contribution in [2.24, 2.45) is 0 Å². The van der Waals surface area contributed by atoms with Crippen LogP contribution >= 0.6 is 0 Å². The number of rotatable bonds is 6. The molecule has 3 amide bonds. The number of phenolic OH excluding ortho intramolecular Hbond substituents is 1. The molecule has 3 aromatic rings. The summed E-state index contributed by atoms with van der Waals surface area (Å²) in [5.74, 6) is -0.511. The third-order valence-corrected chi connectivity index (χ3v) is 4.27. The first-order chi connectivity index (χ1) is 14.0. The Morgan fingerprint density at radius 1 is 0.828 bits per heavy atom. The first-order valence-electron chi connectivity index (χ1n) is 9.37. The first kappa shape index (κ1) is 19.9. The molecule has 0 radical (unpaired) electrons. The van der Waals surface area contributed by atoms with Crippen LogP contribution in [0, 0.1) is 0 Å². The minimum absolute atomic E-state index is 0.0871. The Kier molecular flexibility index (Phi) is 6.47. The van der Waals surface area contributed by atoms with Gasteiger partial charge in [0.2, 0.25) is 0 Å². The summed E-state index contributed by atoms with van der Waals surface area (Å²) < 4.78 is 0. The van der Waals surface area contributed by atoms with E-state index >= 15 is 0 Å². The highest BCUT2D eigenvalue weighted by Crippen LogP contribution is 2.23. The second-order valence-corrected chi connectivity index (χ2v) is 6.53. The maximum atomic E-state index is 12.7. The number of carbonyl (C=O) groups excluding carboxylic acids is 2. The minimum atomic E-state index is -0.424. The molecule has 3 rings (SSSR count). The highest BCUT2D eigenvalue weighted by Gasteiger charge is 2.13. The largest absolute Gasteiger partial charge is 0.507 e. The molecule has 0 aliphatic carbocycles. The van der Waals surface area contributed by atoms with Crippen LogP contribution in [-0.4, -0.2) is 23.6 Å². The van der Waals surface area contributed by atoms with Gasteiger partial charge in [-0.05, 0) is 54.8 Å². The molecule has 0 fully saturated rings. The van der Waals surface area contributed by atoms with Gasteiger partial charge < -0.3 is 21.1 Å². The van der Waals surface area contributed by atoms with Crippen molar-refractivity contribution in [1.82, 2.24) is 5.32 Å². The lowest BCUT2D eigenvalue weighted by Crippen LogP contribution is -2.28. The molecular formula is C23H23N3O3. The van der Waals surface area contributed by atoms with E-state index in [-0.39, 0.29) is 17.3 Å². The van der Waals surface area contributed by atoms with Gasteiger partial charge >= 0.3 is 6.03 Å². The summed E-state index contributed by atoms with van der Waals surface area (Å²) in [7, 11) is 0. The fourth-order valence-electron chi connectivity index (χ4n) is 2.92. The number of urea groups is 1. The fraction of sp³-hybridized carbons (Fsp3) is 0.130. The summed E-state index contributed by atoms with van der Waals surface area (Å²) in [6, 6.07) is 21.4. The second kappa shape index (κ2) is 9.41. The topological polar surface area (TPSA) is 90.5 Å². The Balaban J connectivity index is 1.73. The quantitative estimate of drug-likeness (QED) is 0.504. The third-order valence-electron chi connectivity index (χ3n) is 4.27. The van der Waals surface area contributed by atoms with Crippen molar-refractivity contribution in [3.63, 3.8) is 0 Å². The molecule has 3 aromatic carbocycles. The van der Waals surface area contributed by atoms with Crippen LogP contribution in [0.5, 0.6) is 5.75 Å². The normalized spacial score (nSPS) is 10.2. The van der Waals surface area contributed by atoms with Crippen LogP contribution in [0.1, 0.15) is 28.4 Å². The molecule has 0 aliphatic rings. The average Bonchev–Trinajstić information content (AvgIpc) is 2.70. The SMILES string of the molecule is CCNC(=O)Nc1cccc(NC(=O)c2cc(Cc3ccccc3)ccc2O)c1. The molecule has 0 saturated carbocycles. The summed E-state index contributed by atoms with van der Waals surface area (Å²) >= 11 is 0. The van der Waals surface area contributed by atoms with Crippen LogP contribution in [0.2, 0.25) is 0 Å². The second-order valence-electron chi connectivity index (χ2n) is 6.53. The Morgan fingerprint density at radius 3 is 2.28 bits per heavy atom. The van der Waals surface area contributed by atoms with Gasteiger partial charge in [0.15, 0.2) is 0 Å². The van der Waals surface area contributed by atoms with Gasteiger partial charge in [0.25, 0.3) is 5.91 Å². The fourth-order valence-corrected chi connectivity index (χ4v) is 2.92. The molecule has 6 heteroatoms. The van der Waals surface area contributed by atoms with Gasteiger partial charge in [0, 0.05) is 17.9 Å². The molecule has 0 atom stereocenters. The van der Waals surface area contributed by atoms with Crippen molar-refractivity contribution in [2.75, 3.05) is 17.2 Å². The van der Waals surface area contributed by atoms with E-state index in [1.54, 1.807) is 36.4 Å². The molecule has 0 spiro atoms. The number of benzene rings is 3. The van der Waals surface area contributed by atoms with Crippen LogP contribution in [0.15, 0.2) is 72.8 Å². The number of hydrogen-bond acceptors (Lipinski definition) is 3. The van der Waals surface area contributed by atoms with Crippen molar-refractivity contribution in [3.8, 4) is 5.75 Å². The highest BCUT2D eigenvalue weighted by molar-refractivity contribution is 6.06. The molecular weight excluding hydrogens is 366 g/mol. The van der Waals surface area contributed by atoms with Crippen molar-refractivity contribution in [3.05, 3.63) is 89.5 Å². The molecule has 0 bridgehead atoms. The molecule has 0 aromatic heterocycles. The molecule has 0 saturated heterocycles. The predicted molar refractivity (Wildman–Crippen MR) is 114 cm³/mol. The molecule has 4 N–H and O–H groups in total. The Labute approximate surface area is 169 Å². The minimum Gasteiger partial charge on any atom is -0.507 e. The lowest BCUT2D eigenvalue weighted by molar-refractivity contribution is 0.102. The van der Waals surface area contributed by atoms with E-state index in [1.165, 1.54) is 6.07 Å². The van der Waals surface area contributed by atoms with E-state index in [2.05, 4.69) is 16.0 Å². The summed E-state index contributed by atoms with van der Waals surface area (Å²) in [6.45, 7) is 2.34. The zero-order chi connectivity index (χ0) is 20.6. The number of hydrogen-bond donors (Lipinski definition) is 4. The van der Waals surface area contributed by atoms with Crippen molar-refractivity contribution < 1.29 is 14.7 Å². The van der Waals surface area contributed by atoms with Gasteiger partial charge in [-0.1, -0.05) is 42.5 Å². The molecule has 0 aliphatic heterocycles. The molecule has 0 heterocycles. The van der Waals surface area contributed by atoms with Gasteiger partial charge in [-0.25, -0.2) is 4.79 Å². The lowest BCUT2D eigenvalue weighted by Gasteiger charge is -2.11. The number of carbonyl (C=O) groups is 2. The molecule has 29 heavy (non-hydrogen) atoms. The standard InChI is InChI=1S/C23H23N3O3/c1-2-24-23(29)26-19-10-6-9-18(15-19)25-22(28)20-14-17(11-12-21(20)27)13-16-7-4-3-5-8-16/h3-12,14-15,27H,2,13H2,1H3,(H,25,28)(H2,24,26,29). The van der Waals surface area contributed by atoms with Crippen molar-refractivity contribution >= 4 is 23.3 Å². The average molecular weight is 389 g/mol. The van der Waals surface area contributed by atoms with Gasteiger partial charge in [0.05, 0.1) is 5.56 Å². The summed E-state index contributed by atoms with van der Waals surface area (Å²) in [5, 5.41) is 18.3. The zero-order valence-corrected chi connectivity index (χ0v) is 16.1. The number of anilines is 2. The summed E-state index contributed by atoms with van der Waals surface area (Å²) in [5.41, 5.74) is 3.30. The van der Waals surface area contributed by atoms with Gasteiger partial charge in [-0.3, -0.25) is 4.79 Å². The van der Waals surface area contributed by atoms with Gasteiger partial charge in [-0.2, -0.15) is 0 Å². The monoisotopic (exact) mass is 389 g/mol. The van der Waals surface area contributed by atoms with Crippen LogP contribution in [-0.2, 0) is 6.42 Å². The summed E-state index contributed by atoms with van der Waals surface area (Å²) in [4.78, 5) is 24.4. The lowest BCUT2D eigenvalue weighted by atomic mass is 10.0. The van der Waals surface area contributed by atoms with Crippen molar-refractivity contribution in [1.29, 1.82) is 0 Å².